The molecule has 15 heavy (non-hydrogen) atoms. The number of hydrogen-bond donors (Lipinski definition) is 1. The lowest BCUT2D eigenvalue weighted by Crippen LogP contribution is -2.13. The fourth-order valence-electron chi connectivity index (χ4n) is 0.945. The van der Waals surface area contributed by atoms with Crippen molar-refractivity contribution in [2.45, 2.75) is 6.43 Å². The van der Waals surface area contributed by atoms with E-state index >= 15 is 0 Å². The number of alkyl halides is 3. The van der Waals surface area contributed by atoms with Gasteiger partial charge in [-0.1, -0.05) is 12.1 Å². The molecular weight excluding hydrogens is 248 g/mol. The van der Waals surface area contributed by atoms with Crippen molar-refractivity contribution < 1.29 is 17.2 Å². The molecular formula is C8H8ClF2NO2S. The van der Waals surface area contributed by atoms with Crippen LogP contribution in [0.3, 0.4) is 0 Å². The second-order valence-corrected chi connectivity index (χ2v) is 5.06. The highest BCUT2D eigenvalue weighted by molar-refractivity contribution is 7.93. The molecule has 0 saturated carbocycles. The molecule has 84 valence electrons. The number of benzene rings is 1. The Balaban J connectivity index is 2.92. The van der Waals surface area contributed by atoms with E-state index in [2.05, 4.69) is 4.72 Å². The summed E-state index contributed by atoms with van der Waals surface area (Å²) in [5, 5.41) is -0.619. The Hall–Kier alpha value is -0.880. The van der Waals surface area contributed by atoms with Gasteiger partial charge in [-0.15, -0.1) is 11.6 Å². The monoisotopic (exact) mass is 255 g/mol. The van der Waals surface area contributed by atoms with Crippen LogP contribution in [0.4, 0.5) is 14.5 Å². The Morgan fingerprint density at radius 2 is 2.07 bits per heavy atom. The maximum atomic E-state index is 12.3. The largest absolute Gasteiger partial charge is 0.283 e. The van der Waals surface area contributed by atoms with Crippen LogP contribution in [0.1, 0.15) is 12.0 Å². The van der Waals surface area contributed by atoms with Gasteiger partial charge in [-0.05, 0) is 12.1 Å². The number of anilines is 1. The van der Waals surface area contributed by atoms with Gasteiger partial charge in [0.1, 0.15) is 5.21 Å². The molecule has 1 N–H and O–H groups in total. The Kier molecular flexibility index (Phi) is 3.87. The van der Waals surface area contributed by atoms with Gasteiger partial charge in [0.05, 0.1) is 0 Å². The zero-order chi connectivity index (χ0) is 11.5. The van der Waals surface area contributed by atoms with Crippen LogP contribution in [0, 0.1) is 0 Å². The average molecular weight is 256 g/mol. The fraction of sp³-hybridized carbons (Fsp3) is 0.250. The molecule has 0 saturated heterocycles. The summed E-state index contributed by atoms with van der Waals surface area (Å²) in [5.41, 5.74) is -0.168. The normalized spacial score (nSPS) is 11.7. The van der Waals surface area contributed by atoms with Crippen molar-refractivity contribution in [3.8, 4) is 0 Å². The van der Waals surface area contributed by atoms with Crippen molar-refractivity contribution in [3.63, 3.8) is 0 Å². The van der Waals surface area contributed by atoms with Crippen LogP contribution in [0.2, 0.25) is 0 Å². The van der Waals surface area contributed by atoms with Crippen molar-refractivity contribution in [1.29, 1.82) is 0 Å². The van der Waals surface area contributed by atoms with E-state index in [0.29, 0.717) is 0 Å². The van der Waals surface area contributed by atoms with Crippen LogP contribution >= 0.6 is 11.6 Å². The molecule has 7 heteroatoms. The van der Waals surface area contributed by atoms with E-state index in [0.717, 1.165) is 6.07 Å². The van der Waals surface area contributed by atoms with E-state index in [1.165, 1.54) is 18.2 Å². The first-order valence-corrected chi connectivity index (χ1v) is 6.08. The van der Waals surface area contributed by atoms with E-state index in [-0.39, 0.29) is 11.3 Å². The zero-order valence-electron chi connectivity index (χ0n) is 7.45. The van der Waals surface area contributed by atoms with Gasteiger partial charge in [-0.25, -0.2) is 17.2 Å². The van der Waals surface area contributed by atoms with Crippen LogP contribution in [0.25, 0.3) is 0 Å². The van der Waals surface area contributed by atoms with E-state index < -0.39 is 21.7 Å². The molecule has 0 aliphatic heterocycles. The van der Waals surface area contributed by atoms with Crippen molar-refractivity contribution >= 4 is 27.3 Å². The van der Waals surface area contributed by atoms with E-state index in [1.54, 1.807) is 0 Å². The summed E-state index contributed by atoms with van der Waals surface area (Å²) in [6.45, 7) is 0. The molecule has 0 aromatic heterocycles. The smallest absolute Gasteiger partial charge is 0.263 e. The molecule has 1 rings (SSSR count). The average Bonchev–Trinajstić information content (AvgIpc) is 2.17. The highest BCUT2D eigenvalue weighted by Crippen LogP contribution is 2.22. The first-order valence-electron chi connectivity index (χ1n) is 3.89. The SMILES string of the molecule is O=S(=O)(CCl)Nc1cccc(C(F)F)c1. The summed E-state index contributed by atoms with van der Waals surface area (Å²) in [6.07, 6.45) is -2.63. The van der Waals surface area contributed by atoms with Gasteiger partial charge in [0.25, 0.3) is 6.43 Å². The van der Waals surface area contributed by atoms with Crippen LogP contribution in [0.5, 0.6) is 0 Å². The summed E-state index contributed by atoms with van der Waals surface area (Å²) < 4.78 is 48.6. The molecule has 0 radical (unpaired) electrons. The molecule has 0 atom stereocenters. The predicted molar refractivity (Wildman–Crippen MR) is 54.7 cm³/mol. The van der Waals surface area contributed by atoms with Crippen molar-refractivity contribution in [1.82, 2.24) is 0 Å². The summed E-state index contributed by atoms with van der Waals surface area (Å²) >= 11 is 5.15. The third-order valence-corrected chi connectivity index (χ3v) is 3.25. The van der Waals surface area contributed by atoms with Gasteiger partial charge in [0.15, 0.2) is 0 Å². The second-order valence-electron chi connectivity index (χ2n) is 2.75. The lowest BCUT2D eigenvalue weighted by molar-refractivity contribution is 0.151. The first kappa shape index (κ1) is 12.2. The third-order valence-electron chi connectivity index (χ3n) is 1.56. The van der Waals surface area contributed by atoms with Crippen LogP contribution < -0.4 is 4.72 Å². The minimum atomic E-state index is -3.64. The van der Waals surface area contributed by atoms with Gasteiger partial charge >= 0.3 is 0 Å². The molecule has 0 amide bonds. The summed E-state index contributed by atoms with van der Waals surface area (Å²) in [7, 11) is -3.64. The minimum Gasteiger partial charge on any atom is -0.283 e. The molecule has 0 aliphatic rings. The van der Waals surface area contributed by atoms with E-state index in [1.807, 2.05) is 0 Å². The topological polar surface area (TPSA) is 46.2 Å². The summed E-state index contributed by atoms with van der Waals surface area (Å²) in [4.78, 5) is 0. The minimum absolute atomic E-state index is 0.0773. The maximum Gasteiger partial charge on any atom is 0.263 e. The number of nitrogens with one attached hydrogen (secondary N) is 1. The molecule has 0 heterocycles. The van der Waals surface area contributed by atoms with E-state index in [9.17, 15) is 17.2 Å². The van der Waals surface area contributed by atoms with Crippen molar-refractivity contribution in [2.75, 3.05) is 9.93 Å². The molecule has 0 fully saturated rings. The highest BCUT2D eigenvalue weighted by atomic mass is 35.5. The number of rotatable bonds is 4. The highest BCUT2D eigenvalue weighted by Gasteiger charge is 2.11. The zero-order valence-corrected chi connectivity index (χ0v) is 9.02. The Bertz CT molecular complexity index is 436. The van der Waals surface area contributed by atoms with Crippen LogP contribution in [0.15, 0.2) is 24.3 Å². The predicted octanol–water partition coefficient (Wildman–Crippen LogP) is 2.56. The third kappa shape index (κ3) is 3.64. The Morgan fingerprint density at radius 3 is 2.60 bits per heavy atom. The standard InChI is InChI=1S/C8H8ClF2NO2S/c9-5-15(13,14)12-7-3-1-2-6(4-7)8(10)11/h1-4,8,12H,5H2. The molecule has 0 aliphatic carbocycles. The second kappa shape index (κ2) is 4.76. The molecule has 0 unspecified atom stereocenters. The fourth-order valence-corrected chi connectivity index (χ4v) is 1.65. The maximum absolute atomic E-state index is 12.3. The van der Waals surface area contributed by atoms with Gasteiger partial charge in [0, 0.05) is 11.3 Å². The van der Waals surface area contributed by atoms with Crippen LogP contribution in [-0.4, -0.2) is 13.6 Å². The number of hydrogen-bond acceptors (Lipinski definition) is 2. The molecule has 1 aromatic carbocycles. The van der Waals surface area contributed by atoms with Gasteiger partial charge in [-0.3, -0.25) is 4.72 Å². The lowest BCUT2D eigenvalue weighted by atomic mass is 10.2. The van der Waals surface area contributed by atoms with Crippen molar-refractivity contribution in [2.24, 2.45) is 0 Å². The quantitative estimate of drug-likeness (QED) is 0.841. The first-order chi connectivity index (χ1) is 6.94. The molecule has 0 bridgehead atoms. The lowest BCUT2D eigenvalue weighted by Gasteiger charge is -2.06. The van der Waals surface area contributed by atoms with Gasteiger partial charge in [-0.2, -0.15) is 0 Å². The Morgan fingerprint density at radius 1 is 1.40 bits per heavy atom. The molecule has 1 aromatic rings. The van der Waals surface area contributed by atoms with Crippen molar-refractivity contribution in [3.05, 3.63) is 29.8 Å². The molecule has 3 nitrogen and oxygen atoms in total. The van der Waals surface area contributed by atoms with E-state index in [4.69, 9.17) is 11.6 Å². The van der Waals surface area contributed by atoms with Crippen LogP contribution in [-0.2, 0) is 10.0 Å². The number of halogens is 3. The number of sulfonamides is 1. The van der Waals surface area contributed by atoms with Gasteiger partial charge in [0.2, 0.25) is 10.0 Å². The summed E-state index contributed by atoms with van der Waals surface area (Å²) in [6, 6.07) is 4.99. The molecule has 0 spiro atoms. The van der Waals surface area contributed by atoms with Gasteiger partial charge < -0.3 is 0 Å². The Labute approximate surface area is 91.1 Å². The summed E-state index contributed by atoms with van der Waals surface area (Å²) in [5.74, 6) is 0.